The fraction of sp³-hybridized carbons (Fsp3) is 0. The van der Waals surface area contributed by atoms with Gasteiger partial charge in [-0.1, -0.05) is 0 Å². The quantitative estimate of drug-likeness (QED) is 0.216. The zero-order valence-corrected chi connectivity index (χ0v) is 4.98. The third-order valence-corrected chi connectivity index (χ3v) is 0. The van der Waals surface area contributed by atoms with E-state index in [9.17, 15) is 0 Å². The summed E-state index contributed by atoms with van der Waals surface area (Å²) in [6.45, 7) is 0. The third kappa shape index (κ3) is 90.6. The van der Waals surface area contributed by atoms with Crippen molar-refractivity contribution in [2.24, 2.45) is 0 Å². The second-order valence-electron chi connectivity index (χ2n) is 0.408. The predicted octanol–water partition coefficient (Wildman–Crippen LogP) is -2.37. The van der Waals surface area contributed by atoms with Crippen LogP contribution in [0.15, 0.2) is 0 Å². The van der Waals surface area contributed by atoms with Crippen molar-refractivity contribution in [3.05, 3.63) is 0 Å². The molecule has 0 aliphatic carbocycles. The van der Waals surface area contributed by atoms with Crippen LogP contribution in [0.4, 0.5) is 0 Å². The van der Waals surface area contributed by atoms with Crippen LogP contribution in [0, 0.1) is 0 Å². The molecule has 0 aromatic carbocycles. The topological polar surface area (TPSA) is 80.3 Å². The molecule has 0 saturated heterocycles. The maximum absolute atomic E-state index is 8.52. The van der Waals surface area contributed by atoms with Gasteiger partial charge in [-0.15, -0.1) is 0 Å². The fourth-order valence-corrected chi connectivity index (χ4v) is 0. The zero-order valence-electron chi connectivity index (χ0n) is 2.75. The van der Waals surface area contributed by atoms with Crippen molar-refractivity contribution in [2.45, 2.75) is 0 Å². The normalized spacial score (nSPS) is 8.29. The summed E-state index contributed by atoms with van der Waals surface area (Å²) >= 11 is 0. The molecule has 0 bridgehead atoms. The van der Waals surface area contributed by atoms with Gasteiger partial charge in [-0.2, -0.15) is 0 Å². The standard InChI is InChI=1S/Mg.Na.H2O4S.H/c;;1-5(2,3)4;/h;;(H2,1,2,3,4);/q+2;;;/p-2. The molecule has 0 aromatic rings. The van der Waals surface area contributed by atoms with E-state index in [1.807, 2.05) is 0 Å². The summed E-state index contributed by atoms with van der Waals surface area (Å²) in [6.07, 6.45) is 0. The Morgan fingerprint density at radius 1 is 1.14 bits per heavy atom. The number of hydrogen-bond donors (Lipinski definition) is 0. The van der Waals surface area contributed by atoms with Gasteiger partial charge in [0.1, 0.15) is 0 Å². The van der Waals surface area contributed by atoms with Crippen LogP contribution < -0.4 is 0 Å². The molecule has 0 spiro atoms. The molecule has 0 amide bonds. The minimum atomic E-state index is -5.17. The van der Waals surface area contributed by atoms with Crippen LogP contribution >= 0.6 is 0 Å². The molecule has 0 saturated carbocycles. The zero-order chi connectivity index (χ0) is 4.50. The predicted molar refractivity (Wildman–Crippen MR) is 23.4 cm³/mol. The molecule has 7 heavy (non-hydrogen) atoms. The van der Waals surface area contributed by atoms with E-state index in [0.29, 0.717) is 0 Å². The Kier molecular flexibility index (Phi) is 13.1. The first-order valence-corrected chi connectivity index (χ1v) is 2.00. The van der Waals surface area contributed by atoms with Crippen molar-refractivity contribution < 1.29 is 17.5 Å². The average molecular weight is 144 g/mol. The molecular weight excluding hydrogens is 143 g/mol. The van der Waals surface area contributed by atoms with Gasteiger partial charge in [-0.05, 0) is 0 Å². The Morgan fingerprint density at radius 3 is 1.14 bits per heavy atom. The Morgan fingerprint density at radius 2 is 1.14 bits per heavy atom. The van der Waals surface area contributed by atoms with Gasteiger partial charge in [0.2, 0.25) is 0 Å². The van der Waals surface area contributed by atoms with E-state index in [0.717, 1.165) is 0 Å². The Bertz CT molecular complexity index is 94.9. The average Bonchev–Trinajstić information content (AvgIpc) is 0.722. The molecule has 0 radical (unpaired) electrons. The molecule has 0 rings (SSSR count). The van der Waals surface area contributed by atoms with Crippen LogP contribution in [-0.4, -0.2) is 70.1 Å². The van der Waals surface area contributed by atoms with E-state index >= 15 is 0 Å². The van der Waals surface area contributed by atoms with Gasteiger partial charge in [0.15, 0.2) is 0 Å². The van der Waals surface area contributed by atoms with Crippen LogP contribution in [0.3, 0.4) is 0 Å². The van der Waals surface area contributed by atoms with Crippen LogP contribution in [0.1, 0.15) is 0 Å². The first kappa shape index (κ1) is 15.9. The number of hydrogen-bond acceptors (Lipinski definition) is 4. The summed E-state index contributed by atoms with van der Waals surface area (Å²) in [4.78, 5) is 0. The molecule has 0 N–H and O–H groups in total. The van der Waals surface area contributed by atoms with Gasteiger partial charge in [0.25, 0.3) is 0 Å². The van der Waals surface area contributed by atoms with E-state index in [1.54, 1.807) is 0 Å². The molecular formula is HMgNaO4S. The van der Waals surface area contributed by atoms with Crippen LogP contribution in [0.2, 0.25) is 0 Å². The van der Waals surface area contributed by atoms with Gasteiger partial charge in [-0.3, -0.25) is 8.42 Å². The molecule has 0 aliphatic rings. The van der Waals surface area contributed by atoms with E-state index in [4.69, 9.17) is 17.5 Å². The fourth-order valence-electron chi connectivity index (χ4n) is 0. The van der Waals surface area contributed by atoms with E-state index in [1.165, 1.54) is 0 Å². The van der Waals surface area contributed by atoms with Gasteiger partial charge in [-0.25, -0.2) is 0 Å². The molecule has 0 atom stereocenters. The van der Waals surface area contributed by atoms with E-state index < -0.39 is 10.4 Å². The summed E-state index contributed by atoms with van der Waals surface area (Å²) in [5.74, 6) is 0. The molecule has 34 valence electrons. The second-order valence-corrected chi connectivity index (χ2v) is 1.22. The molecule has 0 unspecified atom stereocenters. The SMILES string of the molecule is O=S(=O)([O-])[O-].[Mg+2].[NaH]. The third-order valence-electron chi connectivity index (χ3n) is 0. The molecule has 0 heterocycles. The molecule has 7 heteroatoms. The summed E-state index contributed by atoms with van der Waals surface area (Å²) in [5, 5.41) is 0. The van der Waals surface area contributed by atoms with Gasteiger partial charge in [0.05, 0.1) is 0 Å². The maximum atomic E-state index is 8.52. The Labute approximate surface area is 79.7 Å². The summed E-state index contributed by atoms with van der Waals surface area (Å²) in [5.41, 5.74) is 0. The van der Waals surface area contributed by atoms with Crippen molar-refractivity contribution >= 4 is 63.0 Å². The first-order valence-electron chi connectivity index (χ1n) is 0.667. The summed E-state index contributed by atoms with van der Waals surface area (Å²) in [6, 6.07) is 0. The van der Waals surface area contributed by atoms with Crippen LogP contribution in [0.5, 0.6) is 0 Å². The molecule has 0 aliphatic heterocycles. The summed E-state index contributed by atoms with van der Waals surface area (Å²) in [7, 11) is -5.17. The van der Waals surface area contributed by atoms with Gasteiger partial charge >= 0.3 is 52.6 Å². The minimum absolute atomic E-state index is 0. The van der Waals surface area contributed by atoms with Crippen LogP contribution in [-0.2, 0) is 10.4 Å². The summed E-state index contributed by atoms with van der Waals surface area (Å²) < 4.78 is 34.1. The molecule has 4 nitrogen and oxygen atoms in total. The van der Waals surface area contributed by atoms with Crippen molar-refractivity contribution in [1.82, 2.24) is 0 Å². The molecule has 0 fully saturated rings. The number of rotatable bonds is 0. The Hall–Kier alpha value is 1.64. The van der Waals surface area contributed by atoms with Crippen molar-refractivity contribution in [3.8, 4) is 0 Å². The van der Waals surface area contributed by atoms with Gasteiger partial charge in [0, 0.05) is 10.4 Å². The Balaban J connectivity index is -0.0000000800. The molecule has 0 aromatic heterocycles. The van der Waals surface area contributed by atoms with E-state index in [2.05, 4.69) is 0 Å². The van der Waals surface area contributed by atoms with Crippen molar-refractivity contribution in [2.75, 3.05) is 0 Å². The van der Waals surface area contributed by atoms with Crippen molar-refractivity contribution in [1.29, 1.82) is 0 Å². The van der Waals surface area contributed by atoms with Crippen molar-refractivity contribution in [3.63, 3.8) is 0 Å². The first-order chi connectivity index (χ1) is 2.00. The van der Waals surface area contributed by atoms with Gasteiger partial charge < -0.3 is 9.11 Å². The monoisotopic (exact) mass is 144 g/mol. The second kappa shape index (κ2) is 5.77. The van der Waals surface area contributed by atoms with Crippen LogP contribution in [0.25, 0.3) is 0 Å². The van der Waals surface area contributed by atoms with E-state index in [-0.39, 0.29) is 52.6 Å².